The Morgan fingerprint density at radius 2 is 1.48 bits per heavy atom. The molecule has 0 radical (unpaired) electrons. The molecule has 3 aromatic carbocycles. The van der Waals surface area contributed by atoms with Crippen LogP contribution < -0.4 is 0 Å². The minimum absolute atomic E-state index is 0.00103. The summed E-state index contributed by atoms with van der Waals surface area (Å²) in [6, 6.07) is 15.2. The molecule has 0 N–H and O–H groups in total. The van der Waals surface area contributed by atoms with Gasteiger partial charge in [-0.2, -0.15) is 13.2 Å². The third-order valence-corrected chi connectivity index (χ3v) is 6.69. The molecule has 4 aromatic rings. The second-order valence-electron chi connectivity index (χ2n) is 9.39. The van der Waals surface area contributed by atoms with Crippen molar-refractivity contribution in [3.8, 4) is 5.69 Å². The average molecular weight is 568 g/mol. The maximum Gasteiger partial charge on any atom is 0.416 e. The van der Waals surface area contributed by atoms with E-state index in [4.69, 9.17) is 11.6 Å². The van der Waals surface area contributed by atoms with Gasteiger partial charge in [0.05, 0.1) is 40.5 Å². The molecule has 2 amide bonds. The van der Waals surface area contributed by atoms with E-state index in [0.29, 0.717) is 0 Å². The summed E-state index contributed by atoms with van der Waals surface area (Å²) in [6.07, 6.45) is -4.72. The van der Waals surface area contributed by atoms with Crippen LogP contribution in [0.4, 0.5) is 13.2 Å². The highest BCUT2D eigenvalue weighted by molar-refractivity contribution is 6.35. The van der Waals surface area contributed by atoms with E-state index in [0.717, 1.165) is 23.1 Å². The first-order valence-electron chi connectivity index (χ1n) is 12.0. The molecule has 40 heavy (non-hydrogen) atoms. The summed E-state index contributed by atoms with van der Waals surface area (Å²) in [4.78, 5) is 42.4. The van der Waals surface area contributed by atoms with Crippen LogP contribution >= 0.6 is 11.6 Å². The molecular weight excluding hydrogens is 547 g/mol. The number of hydrogen-bond donors (Lipinski definition) is 0. The summed E-state index contributed by atoms with van der Waals surface area (Å²) in [6.45, 7) is -0.256. The molecule has 1 aromatic heterocycles. The monoisotopic (exact) mass is 567 g/mol. The van der Waals surface area contributed by atoms with Crippen molar-refractivity contribution in [1.82, 2.24) is 24.6 Å². The minimum atomic E-state index is -4.72. The fraction of sp³-hybridized carbons (Fsp3) is 0.179. The van der Waals surface area contributed by atoms with E-state index < -0.39 is 29.3 Å². The first kappa shape index (κ1) is 27.2. The Kier molecular flexibility index (Phi) is 7.03. The van der Waals surface area contributed by atoms with Crippen molar-refractivity contribution >= 4 is 29.2 Å². The van der Waals surface area contributed by atoms with Gasteiger partial charge in [0.25, 0.3) is 11.8 Å². The number of rotatable bonds is 7. The number of carbonyl (C=O) groups excluding carboxylic acids is 3. The molecule has 0 saturated heterocycles. The number of benzene rings is 3. The van der Waals surface area contributed by atoms with Crippen molar-refractivity contribution in [2.75, 3.05) is 14.1 Å². The molecule has 0 saturated carbocycles. The quantitative estimate of drug-likeness (QED) is 0.230. The lowest BCUT2D eigenvalue weighted by atomic mass is 9.99. The lowest BCUT2D eigenvalue weighted by molar-refractivity contribution is -0.137. The van der Waals surface area contributed by atoms with Gasteiger partial charge in [0, 0.05) is 11.1 Å². The molecule has 12 heteroatoms. The van der Waals surface area contributed by atoms with Crippen LogP contribution in [0.25, 0.3) is 5.69 Å². The van der Waals surface area contributed by atoms with Crippen molar-refractivity contribution in [1.29, 1.82) is 0 Å². The first-order chi connectivity index (χ1) is 19.0. The number of fused-ring (bicyclic) bond motifs is 1. The van der Waals surface area contributed by atoms with E-state index in [-0.39, 0.29) is 57.7 Å². The lowest BCUT2D eigenvalue weighted by Crippen LogP contribution is -2.31. The third-order valence-electron chi connectivity index (χ3n) is 6.36. The summed E-state index contributed by atoms with van der Waals surface area (Å²) in [7, 11) is 3.45. The maximum atomic E-state index is 13.9. The molecule has 0 spiro atoms. The zero-order chi connectivity index (χ0) is 28.8. The summed E-state index contributed by atoms with van der Waals surface area (Å²) in [5.41, 5.74) is -0.747. The summed E-state index contributed by atoms with van der Waals surface area (Å²) in [5.74, 6) is -1.56. The van der Waals surface area contributed by atoms with Gasteiger partial charge in [-0.15, -0.1) is 10.2 Å². The van der Waals surface area contributed by atoms with Crippen LogP contribution in [0.15, 0.2) is 66.7 Å². The molecule has 5 rings (SSSR count). The van der Waals surface area contributed by atoms with Gasteiger partial charge in [0.15, 0.2) is 17.4 Å². The number of carbonyl (C=O) groups is 3. The zero-order valence-electron chi connectivity index (χ0n) is 21.2. The van der Waals surface area contributed by atoms with E-state index >= 15 is 0 Å². The van der Waals surface area contributed by atoms with Crippen LogP contribution in [0.1, 0.15) is 53.8 Å². The van der Waals surface area contributed by atoms with Crippen LogP contribution in [0.3, 0.4) is 0 Å². The SMILES string of the molecule is CN(C)Cc1nnc(CN2C(=O)c3ccccc3C2=O)n1-c1cc(C(F)(F)F)ccc1C(=O)c1ccccc1Cl. The summed E-state index contributed by atoms with van der Waals surface area (Å²) >= 11 is 6.25. The smallest absolute Gasteiger partial charge is 0.302 e. The lowest BCUT2D eigenvalue weighted by Gasteiger charge is -2.20. The zero-order valence-corrected chi connectivity index (χ0v) is 22.0. The van der Waals surface area contributed by atoms with Gasteiger partial charge in [0.2, 0.25) is 0 Å². The number of halogens is 4. The fourth-order valence-electron chi connectivity index (χ4n) is 4.52. The normalized spacial score (nSPS) is 13.3. The standard InChI is InChI=1S/C28H21ClF3N5O3/c1-35(2)14-23-33-34-24(15-36-26(39)17-7-3-4-8-18(17)27(36)40)37(23)22-13-16(28(30,31)32)11-12-20(22)25(38)19-9-5-6-10-21(19)29/h3-13H,14-15H2,1-2H3. The highest BCUT2D eigenvalue weighted by Gasteiger charge is 2.37. The predicted molar refractivity (Wildman–Crippen MR) is 139 cm³/mol. The molecule has 204 valence electrons. The number of aromatic nitrogens is 3. The number of ketones is 1. The van der Waals surface area contributed by atoms with E-state index in [1.807, 2.05) is 0 Å². The van der Waals surface area contributed by atoms with Crippen molar-refractivity contribution in [3.63, 3.8) is 0 Å². The van der Waals surface area contributed by atoms with E-state index in [9.17, 15) is 27.6 Å². The van der Waals surface area contributed by atoms with Gasteiger partial charge < -0.3 is 4.90 Å². The maximum absolute atomic E-state index is 13.9. The van der Waals surface area contributed by atoms with Crippen LogP contribution in [0.2, 0.25) is 5.02 Å². The Morgan fingerprint density at radius 3 is 2.08 bits per heavy atom. The van der Waals surface area contributed by atoms with Crippen LogP contribution in [0.5, 0.6) is 0 Å². The molecule has 2 heterocycles. The summed E-state index contributed by atoms with van der Waals surface area (Å²) in [5, 5.41) is 8.43. The third kappa shape index (κ3) is 4.89. The molecule has 8 nitrogen and oxygen atoms in total. The highest BCUT2D eigenvalue weighted by Crippen LogP contribution is 2.34. The van der Waals surface area contributed by atoms with Crippen LogP contribution in [0, 0.1) is 0 Å². The Balaban J connectivity index is 1.69. The topological polar surface area (TPSA) is 88.4 Å². The van der Waals surface area contributed by atoms with Gasteiger partial charge in [-0.05, 0) is 56.6 Å². The second kappa shape index (κ2) is 10.3. The van der Waals surface area contributed by atoms with Gasteiger partial charge >= 0.3 is 6.18 Å². The van der Waals surface area contributed by atoms with E-state index in [2.05, 4.69) is 10.2 Å². The number of imide groups is 1. The minimum Gasteiger partial charge on any atom is -0.302 e. The molecule has 0 atom stereocenters. The summed E-state index contributed by atoms with van der Waals surface area (Å²) < 4.78 is 42.9. The predicted octanol–water partition coefficient (Wildman–Crippen LogP) is 5.03. The molecular formula is C28H21ClF3N5O3. The van der Waals surface area contributed by atoms with Crippen molar-refractivity contribution < 1.29 is 27.6 Å². The van der Waals surface area contributed by atoms with Crippen molar-refractivity contribution in [2.24, 2.45) is 0 Å². The van der Waals surface area contributed by atoms with Gasteiger partial charge in [-0.25, -0.2) is 0 Å². The molecule has 0 aliphatic carbocycles. The first-order valence-corrected chi connectivity index (χ1v) is 12.4. The van der Waals surface area contributed by atoms with Crippen molar-refractivity contribution in [3.05, 3.63) is 111 Å². The number of alkyl halides is 3. The number of nitrogens with zero attached hydrogens (tertiary/aromatic N) is 5. The van der Waals surface area contributed by atoms with Gasteiger partial charge in [0.1, 0.15) is 0 Å². The molecule has 1 aliphatic heterocycles. The number of hydrogen-bond acceptors (Lipinski definition) is 6. The number of amides is 2. The van der Waals surface area contributed by atoms with Crippen molar-refractivity contribution in [2.45, 2.75) is 19.3 Å². The largest absolute Gasteiger partial charge is 0.416 e. The van der Waals surface area contributed by atoms with E-state index in [1.54, 1.807) is 43.3 Å². The Bertz CT molecular complexity index is 1630. The fourth-order valence-corrected chi connectivity index (χ4v) is 4.74. The average Bonchev–Trinajstić information content (AvgIpc) is 3.41. The Hall–Kier alpha value is -4.35. The van der Waals surface area contributed by atoms with Gasteiger partial charge in [-0.3, -0.25) is 23.9 Å². The second-order valence-corrected chi connectivity index (χ2v) is 9.79. The highest BCUT2D eigenvalue weighted by atomic mass is 35.5. The Labute approximate surface area is 231 Å². The van der Waals surface area contributed by atoms with E-state index in [1.165, 1.54) is 28.8 Å². The van der Waals surface area contributed by atoms with Crippen LogP contribution in [-0.2, 0) is 19.3 Å². The molecule has 0 bridgehead atoms. The van der Waals surface area contributed by atoms with Gasteiger partial charge in [-0.1, -0.05) is 35.9 Å². The molecule has 0 unspecified atom stereocenters. The molecule has 0 fully saturated rings. The molecule has 1 aliphatic rings. The van der Waals surface area contributed by atoms with Crippen LogP contribution in [-0.4, -0.2) is 56.3 Å². The Morgan fingerprint density at radius 1 is 0.875 bits per heavy atom.